The van der Waals surface area contributed by atoms with Crippen molar-refractivity contribution in [2.24, 2.45) is 0 Å². The highest BCUT2D eigenvalue weighted by atomic mass is 35.5. The Balaban J connectivity index is 3.37. The molecule has 1 aromatic heterocycles. The molecule has 0 atom stereocenters. The van der Waals surface area contributed by atoms with E-state index in [4.69, 9.17) is 16.7 Å². The summed E-state index contributed by atoms with van der Waals surface area (Å²) in [5, 5.41) is 18.4. The molecular formula is C7H5ClF2N2O3. The number of halogens is 3. The first kappa shape index (κ1) is 11.7. The molecule has 5 nitrogen and oxygen atoms in total. The van der Waals surface area contributed by atoms with Crippen LogP contribution >= 0.6 is 11.6 Å². The molecule has 0 spiro atoms. The molecule has 8 heteroatoms. The third kappa shape index (κ3) is 2.37. The van der Waals surface area contributed by atoms with Gasteiger partial charge < -0.3 is 15.2 Å². The zero-order valence-electron chi connectivity index (χ0n) is 7.15. The van der Waals surface area contributed by atoms with E-state index in [0.29, 0.717) is 0 Å². The highest BCUT2D eigenvalue weighted by molar-refractivity contribution is 6.30. The molecule has 15 heavy (non-hydrogen) atoms. The largest absolute Gasteiger partial charge is 0.392 e. The number of alkyl halides is 2. The molecule has 0 aliphatic carbocycles. The molecule has 0 fully saturated rings. The predicted octanol–water partition coefficient (Wildman–Crippen LogP) is 2.07. The molecule has 82 valence electrons. The fraction of sp³-hybridized carbons (Fsp3) is 0.286. The number of nitrogens with zero attached hydrogens (tertiary/aromatic N) is 2. The summed E-state index contributed by atoms with van der Waals surface area (Å²) >= 11 is 5.35. The van der Waals surface area contributed by atoms with Gasteiger partial charge in [0.25, 0.3) is 11.6 Å². The van der Waals surface area contributed by atoms with Crippen LogP contribution in [0.25, 0.3) is 0 Å². The minimum atomic E-state index is -2.94. The second-order valence-corrected chi connectivity index (χ2v) is 2.92. The highest BCUT2D eigenvalue weighted by Gasteiger charge is 2.24. The van der Waals surface area contributed by atoms with E-state index in [1.54, 1.807) is 0 Å². The minimum Gasteiger partial charge on any atom is -0.392 e. The van der Waals surface area contributed by atoms with Crippen LogP contribution in [0.1, 0.15) is 17.6 Å². The number of aromatic nitrogens is 1. The predicted molar refractivity (Wildman–Crippen MR) is 46.8 cm³/mol. The van der Waals surface area contributed by atoms with Gasteiger partial charge in [0.1, 0.15) is 0 Å². The Morgan fingerprint density at radius 2 is 2.27 bits per heavy atom. The van der Waals surface area contributed by atoms with Gasteiger partial charge in [0, 0.05) is 11.6 Å². The van der Waals surface area contributed by atoms with Crippen molar-refractivity contribution in [2.45, 2.75) is 13.0 Å². The first-order chi connectivity index (χ1) is 6.97. The molecule has 0 aliphatic heterocycles. The Kier molecular flexibility index (Phi) is 3.48. The van der Waals surface area contributed by atoms with E-state index in [1.807, 2.05) is 0 Å². The van der Waals surface area contributed by atoms with Gasteiger partial charge >= 0.3 is 5.82 Å². The zero-order chi connectivity index (χ0) is 11.6. The monoisotopic (exact) mass is 238 g/mol. The van der Waals surface area contributed by atoms with Crippen LogP contribution in [0.15, 0.2) is 6.07 Å². The maximum absolute atomic E-state index is 12.4. The lowest BCUT2D eigenvalue weighted by Gasteiger charge is -2.05. The second kappa shape index (κ2) is 4.45. The van der Waals surface area contributed by atoms with Gasteiger partial charge in [0.15, 0.2) is 0 Å². The summed E-state index contributed by atoms with van der Waals surface area (Å²) < 4.78 is 24.8. The first-order valence-electron chi connectivity index (χ1n) is 3.70. The van der Waals surface area contributed by atoms with Crippen LogP contribution in [-0.4, -0.2) is 15.0 Å². The van der Waals surface area contributed by atoms with Gasteiger partial charge in [-0.2, -0.15) is 0 Å². The van der Waals surface area contributed by atoms with E-state index in [9.17, 15) is 18.9 Å². The molecule has 0 amide bonds. The summed E-state index contributed by atoms with van der Waals surface area (Å²) in [6, 6.07) is 0.771. The van der Waals surface area contributed by atoms with Crippen molar-refractivity contribution >= 4 is 17.4 Å². The van der Waals surface area contributed by atoms with Crippen molar-refractivity contribution in [3.05, 3.63) is 32.5 Å². The van der Waals surface area contributed by atoms with E-state index in [2.05, 4.69) is 4.98 Å². The number of rotatable bonds is 3. The number of hydrogen-bond donors (Lipinski definition) is 1. The summed E-state index contributed by atoms with van der Waals surface area (Å²) in [6.45, 7) is -0.761. The molecule has 0 radical (unpaired) electrons. The Hall–Kier alpha value is -1.34. The van der Waals surface area contributed by atoms with Crippen molar-refractivity contribution in [1.29, 1.82) is 0 Å². The van der Waals surface area contributed by atoms with E-state index >= 15 is 0 Å². The van der Waals surface area contributed by atoms with E-state index < -0.39 is 34.5 Å². The van der Waals surface area contributed by atoms with E-state index in [0.717, 1.165) is 6.07 Å². The molecule has 1 heterocycles. The van der Waals surface area contributed by atoms with Gasteiger partial charge in [-0.05, 0) is 21.5 Å². The average Bonchev–Trinajstić information content (AvgIpc) is 2.15. The average molecular weight is 239 g/mol. The SMILES string of the molecule is O=[N+]([O-])c1cc(CO)c(C(F)F)c(Cl)n1. The quantitative estimate of drug-likeness (QED) is 0.497. The maximum atomic E-state index is 12.4. The van der Waals surface area contributed by atoms with Gasteiger partial charge in [-0.25, -0.2) is 8.78 Å². The van der Waals surface area contributed by atoms with Gasteiger partial charge in [0.05, 0.1) is 12.2 Å². The normalized spacial score (nSPS) is 10.7. The number of pyridine rings is 1. The van der Waals surface area contributed by atoms with E-state index in [1.165, 1.54) is 0 Å². The van der Waals surface area contributed by atoms with Crippen LogP contribution in [0.2, 0.25) is 5.15 Å². The molecule has 1 N–H and O–H groups in total. The third-order valence-electron chi connectivity index (χ3n) is 1.66. The van der Waals surface area contributed by atoms with Crippen molar-refractivity contribution in [3.8, 4) is 0 Å². The molecule has 0 aliphatic rings. The van der Waals surface area contributed by atoms with Crippen molar-refractivity contribution in [1.82, 2.24) is 4.98 Å². The number of hydrogen-bond acceptors (Lipinski definition) is 4. The highest BCUT2D eigenvalue weighted by Crippen LogP contribution is 2.31. The minimum absolute atomic E-state index is 0.295. The lowest BCUT2D eigenvalue weighted by Crippen LogP contribution is -2.02. The molecule has 0 saturated heterocycles. The Bertz CT molecular complexity index is 400. The number of nitro groups is 1. The fourth-order valence-electron chi connectivity index (χ4n) is 1.01. The molecule has 0 unspecified atom stereocenters. The Morgan fingerprint density at radius 1 is 1.67 bits per heavy atom. The van der Waals surface area contributed by atoms with Crippen LogP contribution in [0.3, 0.4) is 0 Å². The third-order valence-corrected chi connectivity index (χ3v) is 1.95. The van der Waals surface area contributed by atoms with Crippen LogP contribution in [0, 0.1) is 10.1 Å². The molecule has 0 bridgehead atoms. The van der Waals surface area contributed by atoms with Crippen molar-refractivity contribution in [2.75, 3.05) is 0 Å². The molecule has 1 aromatic rings. The summed E-state index contributed by atoms with van der Waals surface area (Å²) in [4.78, 5) is 12.6. The van der Waals surface area contributed by atoms with Crippen LogP contribution < -0.4 is 0 Å². The summed E-state index contributed by atoms with van der Waals surface area (Å²) in [5.41, 5.74) is -0.971. The Labute approximate surface area is 87.5 Å². The lowest BCUT2D eigenvalue weighted by atomic mass is 10.1. The van der Waals surface area contributed by atoms with Crippen molar-refractivity contribution < 1.29 is 18.8 Å². The summed E-state index contributed by atoms with van der Waals surface area (Å²) in [6.07, 6.45) is -2.94. The van der Waals surface area contributed by atoms with Crippen LogP contribution in [0.5, 0.6) is 0 Å². The van der Waals surface area contributed by atoms with Crippen LogP contribution in [-0.2, 0) is 6.61 Å². The molecule has 0 saturated carbocycles. The fourth-order valence-corrected chi connectivity index (χ4v) is 1.30. The topological polar surface area (TPSA) is 76.3 Å². The Morgan fingerprint density at radius 3 is 2.67 bits per heavy atom. The number of aliphatic hydroxyl groups is 1. The van der Waals surface area contributed by atoms with Gasteiger partial charge in [-0.15, -0.1) is 0 Å². The van der Waals surface area contributed by atoms with Gasteiger partial charge in [-0.3, -0.25) is 0 Å². The van der Waals surface area contributed by atoms with Crippen molar-refractivity contribution in [3.63, 3.8) is 0 Å². The maximum Gasteiger partial charge on any atom is 0.365 e. The van der Waals surface area contributed by atoms with Crippen LogP contribution in [0.4, 0.5) is 14.6 Å². The van der Waals surface area contributed by atoms with Gasteiger partial charge in [0.2, 0.25) is 0 Å². The first-order valence-corrected chi connectivity index (χ1v) is 4.08. The number of aliphatic hydroxyl groups excluding tert-OH is 1. The summed E-state index contributed by atoms with van der Waals surface area (Å²) in [5.74, 6) is -0.673. The summed E-state index contributed by atoms with van der Waals surface area (Å²) in [7, 11) is 0. The van der Waals surface area contributed by atoms with E-state index in [-0.39, 0.29) is 5.56 Å². The standard InChI is InChI=1S/C7H5ClF2N2O3/c8-6-5(7(9)10)3(2-13)1-4(11-6)12(14)15/h1,7,13H,2H2. The lowest BCUT2D eigenvalue weighted by molar-refractivity contribution is -0.389. The second-order valence-electron chi connectivity index (χ2n) is 2.56. The van der Waals surface area contributed by atoms with Gasteiger partial charge in [-0.1, -0.05) is 0 Å². The molecular weight excluding hydrogens is 234 g/mol. The molecule has 0 aromatic carbocycles. The smallest absolute Gasteiger partial charge is 0.365 e. The zero-order valence-corrected chi connectivity index (χ0v) is 7.91. The molecule has 1 rings (SSSR count).